The molecule has 0 saturated carbocycles. The molecule has 0 radical (unpaired) electrons. The van der Waals surface area contributed by atoms with E-state index in [0.29, 0.717) is 25.1 Å². The van der Waals surface area contributed by atoms with Crippen LogP contribution in [0.5, 0.6) is 0 Å². The van der Waals surface area contributed by atoms with E-state index in [2.05, 4.69) is 31.4 Å². The van der Waals surface area contributed by atoms with Crippen molar-refractivity contribution in [2.45, 2.75) is 6.42 Å². The van der Waals surface area contributed by atoms with Crippen molar-refractivity contribution in [3.05, 3.63) is 5.28 Å². The first-order valence-corrected chi connectivity index (χ1v) is 8.04. The molecule has 1 saturated heterocycles. The average molecular weight is 304 g/mol. The molecule has 0 unspecified atom stereocenters. The summed E-state index contributed by atoms with van der Waals surface area (Å²) in [4.78, 5) is 14.7. The van der Waals surface area contributed by atoms with Crippen LogP contribution in [0.25, 0.3) is 0 Å². The normalized spacial score (nSPS) is 15.6. The Morgan fingerprint density at radius 2 is 2.11 bits per heavy atom. The van der Waals surface area contributed by atoms with Gasteiger partial charge in [0.05, 0.1) is 13.2 Å². The van der Waals surface area contributed by atoms with E-state index in [4.69, 9.17) is 16.3 Å². The number of nitrogens with one attached hydrogen (secondary N) is 1. The maximum Gasteiger partial charge on any atom is 0.231 e. The Morgan fingerprint density at radius 1 is 1.32 bits per heavy atom. The molecule has 19 heavy (non-hydrogen) atoms. The van der Waals surface area contributed by atoms with Crippen LogP contribution in [-0.4, -0.2) is 59.8 Å². The van der Waals surface area contributed by atoms with Gasteiger partial charge in [-0.2, -0.15) is 26.7 Å². The minimum atomic E-state index is 0.226. The molecular weight excluding hydrogens is 286 g/mol. The number of morpholine rings is 1. The van der Waals surface area contributed by atoms with E-state index in [-0.39, 0.29) is 5.28 Å². The third kappa shape index (κ3) is 4.67. The van der Waals surface area contributed by atoms with Crippen LogP contribution >= 0.6 is 23.4 Å². The number of hydrogen-bond donors (Lipinski definition) is 1. The second kappa shape index (κ2) is 7.72. The summed E-state index contributed by atoms with van der Waals surface area (Å²) < 4.78 is 5.31. The van der Waals surface area contributed by atoms with E-state index < -0.39 is 0 Å². The van der Waals surface area contributed by atoms with Crippen LogP contribution in [0, 0.1) is 0 Å². The monoisotopic (exact) mass is 303 g/mol. The van der Waals surface area contributed by atoms with Gasteiger partial charge in [0, 0.05) is 19.6 Å². The lowest BCUT2D eigenvalue weighted by Crippen LogP contribution is -2.37. The predicted molar refractivity (Wildman–Crippen MR) is 79.4 cm³/mol. The summed E-state index contributed by atoms with van der Waals surface area (Å²) in [7, 11) is 0. The molecule has 2 rings (SSSR count). The molecule has 8 heteroatoms. The Morgan fingerprint density at radius 3 is 2.84 bits per heavy atom. The first kappa shape index (κ1) is 14.6. The quantitative estimate of drug-likeness (QED) is 0.800. The van der Waals surface area contributed by atoms with Crippen molar-refractivity contribution in [1.29, 1.82) is 0 Å². The summed E-state index contributed by atoms with van der Waals surface area (Å²) in [5.74, 6) is 2.28. The number of nitrogens with zero attached hydrogens (tertiary/aromatic N) is 4. The molecule has 1 N–H and O–H groups in total. The second-order valence-corrected chi connectivity index (χ2v) is 5.42. The van der Waals surface area contributed by atoms with Gasteiger partial charge in [0.25, 0.3) is 0 Å². The van der Waals surface area contributed by atoms with Crippen molar-refractivity contribution < 1.29 is 4.74 Å². The number of aromatic nitrogens is 3. The summed E-state index contributed by atoms with van der Waals surface area (Å²) in [5.41, 5.74) is 0. The molecular formula is C11H18ClN5OS. The third-order valence-corrected chi connectivity index (χ3v) is 3.56. The lowest BCUT2D eigenvalue weighted by atomic mass is 10.4. The fourth-order valence-corrected chi connectivity index (χ4v) is 2.33. The van der Waals surface area contributed by atoms with Gasteiger partial charge in [-0.25, -0.2) is 0 Å². The SMILES string of the molecule is CSCCCNc1nc(Cl)nc(N2CCOCC2)n1. The highest BCUT2D eigenvalue weighted by Crippen LogP contribution is 2.15. The largest absolute Gasteiger partial charge is 0.378 e. The van der Waals surface area contributed by atoms with Gasteiger partial charge in [-0.15, -0.1) is 0 Å². The Labute approximate surface area is 122 Å². The molecule has 1 aromatic heterocycles. The zero-order valence-corrected chi connectivity index (χ0v) is 12.5. The molecule has 1 aromatic rings. The van der Waals surface area contributed by atoms with Crippen LogP contribution in [0.2, 0.25) is 5.28 Å². The summed E-state index contributed by atoms with van der Waals surface area (Å²) >= 11 is 7.77. The maximum absolute atomic E-state index is 5.95. The molecule has 1 aliphatic rings. The van der Waals surface area contributed by atoms with Crippen LogP contribution in [-0.2, 0) is 4.74 Å². The second-order valence-electron chi connectivity index (χ2n) is 4.10. The Bertz CT molecular complexity index is 403. The highest BCUT2D eigenvalue weighted by atomic mass is 35.5. The molecule has 0 aliphatic carbocycles. The van der Waals surface area contributed by atoms with Crippen molar-refractivity contribution in [3.8, 4) is 0 Å². The van der Waals surface area contributed by atoms with Gasteiger partial charge in [0.1, 0.15) is 0 Å². The summed E-state index contributed by atoms with van der Waals surface area (Å²) in [6.07, 6.45) is 3.16. The van der Waals surface area contributed by atoms with Gasteiger partial charge < -0.3 is 15.0 Å². The fourth-order valence-electron chi connectivity index (χ4n) is 1.74. The maximum atomic E-state index is 5.95. The summed E-state index contributed by atoms with van der Waals surface area (Å²) in [6.45, 7) is 3.79. The van der Waals surface area contributed by atoms with E-state index in [1.165, 1.54) is 0 Å². The topological polar surface area (TPSA) is 63.2 Å². The van der Waals surface area contributed by atoms with Crippen molar-refractivity contribution >= 4 is 35.3 Å². The molecule has 2 heterocycles. The summed E-state index contributed by atoms with van der Waals surface area (Å²) in [5, 5.41) is 3.41. The number of hydrogen-bond acceptors (Lipinski definition) is 7. The van der Waals surface area contributed by atoms with Gasteiger partial charge in [-0.3, -0.25) is 0 Å². The van der Waals surface area contributed by atoms with E-state index in [9.17, 15) is 0 Å². The molecule has 1 fully saturated rings. The molecule has 0 amide bonds. The smallest absolute Gasteiger partial charge is 0.231 e. The van der Waals surface area contributed by atoms with Gasteiger partial charge >= 0.3 is 0 Å². The zero-order chi connectivity index (χ0) is 13.5. The highest BCUT2D eigenvalue weighted by Gasteiger charge is 2.15. The number of halogens is 1. The molecule has 0 atom stereocenters. The van der Waals surface area contributed by atoms with Crippen LogP contribution in [0.15, 0.2) is 0 Å². The Balaban J connectivity index is 1.97. The van der Waals surface area contributed by atoms with Crippen LogP contribution in [0.1, 0.15) is 6.42 Å². The average Bonchev–Trinajstić information content (AvgIpc) is 2.44. The van der Waals surface area contributed by atoms with Crippen molar-refractivity contribution in [1.82, 2.24) is 15.0 Å². The van der Waals surface area contributed by atoms with Crippen LogP contribution < -0.4 is 10.2 Å². The van der Waals surface area contributed by atoms with Gasteiger partial charge in [-0.1, -0.05) is 0 Å². The lowest BCUT2D eigenvalue weighted by molar-refractivity contribution is 0.122. The molecule has 106 valence electrons. The van der Waals surface area contributed by atoms with Gasteiger partial charge in [-0.05, 0) is 30.0 Å². The molecule has 0 aromatic carbocycles. The zero-order valence-electron chi connectivity index (χ0n) is 10.9. The lowest BCUT2D eigenvalue weighted by Gasteiger charge is -2.26. The van der Waals surface area contributed by atoms with Crippen molar-refractivity contribution in [2.75, 3.05) is 55.1 Å². The Hall–Kier alpha value is -0.790. The van der Waals surface area contributed by atoms with Crippen molar-refractivity contribution in [3.63, 3.8) is 0 Å². The highest BCUT2D eigenvalue weighted by molar-refractivity contribution is 7.98. The van der Waals surface area contributed by atoms with E-state index >= 15 is 0 Å². The van der Waals surface area contributed by atoms with Crippen LogP contribution in [0.4, 0.5) is 11.9 Å². The first-order valence-electron chi connectivity index (χ1n) is 6.26. The third-order valence-electron chi connectivity index (χ3n) is 2.70. The standard InChI is InChI=1S/C11H18ClN5OS/c1-19-8-2-3-13-10-14-9(12)15-11(16-10)17-4-6-18-7-5-17/h2-8H2,1H3,(H,13,14,15,16). The number of ether oxygens (including phenoxy) is 1. The van der Waals surface area contributed by atoms with E-state index in [1.807, 2.05) is 11.8 Å². The van der Waals surface area contributed by atoms with E-state index in [1.54, 1.807) is 0 Å². The minimum Gasteiger partial charge on any atom is -0.378 e. The minimum absolute atomic E-state index is 0.226. The molecule has 0 bridgehead atoms. The molecule has 1 aliphatic heterocycles. The number of rotatable bonds is 6. The van der Waals surface area contributed by atoms with Gasteiger partial charge in [0.2, 0.25) is 17.2 Å². The summed E-state index contributed by atoms with van der Waals surface area (Å²) in [6, 6.07) is 0. The van der Waals surface area contributed by atoms with Gasteiger partial charge in [0.15, 0.2) is 0 Å². The van der Waals surface area contributed by atoms with Crippen molar-refractivity contribution in [2.24, 2.45) is 0 Å². The Kier molecular flexibility index (Phi) is 5.93. The fraction of sp³-hybridized carbons (Fsp3) is 0.727. The predicted octanol–water partition coefficient (Wildman–Crippen LogP) is 1.53. The van der Waals surface area contributed by atoms with Crippen LogP contribution in [0.3, 0.4) is 0 Å². The molecule has 0 spiro atoms. The van der Waals surface area contributed by atoms with E-state index in [0.717, 1.165) is 31.8 Å². The molecule has 6 nitrogen and oxygen atoms in total. The first-order chi connectivity index (χ1) is 9.29. The number of anilines is 2. The number of thioether (sulfide) groups is 1.